The molecule has 0 radical (unpaired) electrons. The molecule has 0 unspecified atom stereocenters. The monoisotopic (exact) mass is 268 g/mol. The first kappa shape index (κ1) is 15.1. The van der Waals surface area contributed by atoms with Crippen LogP contribution in [0.2, 0.25) is 0 Å². The molecular weight excluding hydrogens is 248 g/mol. The lowest BCUT2D eigenvalue weighted by molar-refractivity contribution is -0.138. The average Bonchev–Trinajstić information content (AvgIpc) is 2.75. The molecule has 0 aliphatic carbocycles. The number of rotatable bonds is 4. The summed E-state index contributed by atoms with van der Waals surface area (Å²) in [4.78, 5) is 26.0. The zero-order chi connectivity index (χ0) is 14.6. The van der Waals surface area contributed by atoms with Crippen molar-refractivity contribution in [1.82, 2.24) is 9.80 Å². The Morgan fingerprint density at radius 2 is 2.00 bits per heavy atom. The Morgan fingerprint density at radius 3 is 2.42 bits per heavy atom. The van der Waals surface area contributed by atoms with Crippen molar-refractivity contribution in [3.05, 3.63) is 24.2 Å². The van der Waals surface area contributed by atoms with Gasteiger partial charge in [-0.3, -0.25) is 4.79 Å². The number of hydrogen-bond donors (Lipinski definition) is 1. The highest BCUT2D eigenvalue weighted by Gasteiger charge is 2.30. The number of carbonyl (C=O) groups is 2. The summed E-state index contributed by atoms with van der Waals surface area (Å²) in [5.41, 5.74) is 0.306. The standard InChI is InChI=1S/C13H20N2O4/c1-13(2,3)15(8-11(16)17)12(18)14(4)7-10-5-6-19-9-10/h5-6,9H,7-8H2,1-4H3,(H,16,17). The average molecular weight is 268 g/mol. The number of hydrogen-bond acceptors (Lipinski definition) is 3. The maximum absolute atomic E-state index is 12.3. The second-order valence-corrected chi connectivity index (χ2v) is 5.42. The van der Waals surface area contributed by atoms with E-state index in [0.717, 1.165) is 5.56 Å². The first-order chi connectivity index (χ1) is 8.71. The van der Waals surface area contributed by atoms with Crippen LogP contribution in [-0.2, 0) is 11.3 Å². The van der Waals surface area contributed by atoms with Gasteiger partial charge in [-0.1, -0.05) is 0 Å². The van der Waals surface area contributed by atoms with E-state index in [1.54, 1.807) is 40.1 Å². The molecule has 0 aromatic carbocycles. The summed E-state index contributed by atoms with van der Waals surface area (Å²) in [6.07, 6.45) is 3.09. The van der Waals surface area contributed by atoms with E-state index in [0.29, 0.717) is 6.54 Å². The molecule has 0 atom stereocenters. The van der Waals surface area contributed by atoms with Crippen molar-refractivity contribution < 1.29 is 19.1 Å². The van der Waals surface area contributed by atoms with Gasteiger partial charge in [0.15, 0.2) is 0 Å². The van der Waals surface area contributed by atoms with E-state index in [-0.39, 0.29) is 12.6 Å². The third-order valence-electron chi connectivity index (χ3n) is 2.66. The molecule has 1 rings (SSSR count). The molecule has 2 amide bonds. The van der Waals surface area contributed by atoms with Crippen LogP contribution in [0.15, 0.2) is 23.0 Å². The molecular formula is C13H20N2O4. The second-order valence-electron chi connectivity index (χ2n) is 5.42. The Balaban J connectivity index is 2.78. The van der Waals surface area contributed by atoms with Gasteiger partial charge in [0.2, 0.25) is 0 Å². The fourth-order valence-electron chi connectivity index (χ4n) is 1.66. The summed E-state index contributed by atoms with van der Waals surface area (Å²) < 4.78 is 4.94. The molecule has 0 bridgehead atoms. The van der Waals surface area contributed by atoms with Crippen molar-refractivity contribution >= 4 is 12.0 Å². The van der Waals surface area contributed by atoms with E-state index in [1.807, 2.05) is 0 Å². The zero-order valence-electron chi connectivity index (χ0n) is 11.7. The predicted octanol–water partition coefficient (Wildman–Crippen LogP) is 2.02. The molecule has 6 heteroatoms. The molecule has 0 saturated carbocycles. The lowest BCUT2D eigenvalue weighted by Gasteiger charge is -2.37. The van der Waals surface area contributed by atoms with Crippen LogP contribution in [0, 0.1) is 0 Å². The van der Waals surface area contributed by atoms with Crippen molar-refractivity contribution in [3.63, 3.8) is 0 Å². The molecule has 19 heavy (non-hydrogen) atoms. The second kappa shape index (κ2) is 5.77. The minimum absolute atomic E-state index is 0.321. The van der Waals surface area contributed by atoms with E-state index >= 15 is 0 Å². The Bertz CT molecular complexity index is 434. The number of carboxylic acids is 1. The molecule has 6 nitrogen and oxygen atoms in total. The SMILES string of the molecule is CN(Cc1ccoc1)C(=O)N(CC(=O)O)C(C)(C)C. The summed E-state index contributed by atoms with van der Waals surface area (Å²) in [5, 5.41) is 8.91. The van der Waals surface area contributed by atoms with E-state index in [1.165, 1.54) is 16.1 Å². The van der Waals surface area contributed by atoms with Crippen molar-refractivity contribution in [2.24, 2.45) is 0 Å². The van der Waals surface area contributed by atoms with E-state index in [2.05, 4.69) is 0 Å². The predicted molar refractivity (Wildman–Crippen MR) is 69.7 cm³/mol. The van der Waals surface area contributed by atoms with Gasteiger partial charge >= 0.3 is 12.0 Å². The molecule has 1 N–H and O–H groups in total. The van der Waals surface area contributed by atoms with Gasteiger partial charge < -0.3 is 19.3 Å². The Hall–Kier alpha value is -1.98. The fourth-order valence-corrected chi connectivity index (χ4v) is 1.66. The highest BCUT2D eigenvalue weighted by Crippen LogP contribution is 2.16. The van der Waals surface area contributed by atoms with Gasteiger partial charge in [0, 0.05) is 18.2 Å². The van der Waals surface area contributed by atoms with Crippen molar-refractivity contribution in [2.45, 2.75) is 32.9 Å². The number of carbonyl (C=O) groups excluding carboxylic acids is 1. The van der Waals surface area contributed by atoms with Crippen LogP contribution in [0.4, 0.5) is 4.79 Å². The highest BCUT2D eigenvalue weighted by atomic mass is 16.4. The van der Waals surface area contributed by atoms with Crippen LogP contribution in [0.5, 0.6) is 0 Å². The van der Waals surface area contributed by atoms with Gasteiger partial charge in [0.05, 0.1) is 19.1 Å². The molecule has 106 valence electrons. The summed E-state index contributed by atoms with van der Waals surface area (Å²) in [7, 11) is 1.63. The third-order valence-corrected chi connectivity index (χ3v) is 2.66. The zero-order valence-corrected chi connectivity index (χ0v) is 11.7. The van der Waals surface area contributed by atoms with Gasteiger partial charge in [0.25, 0.3) is 0 Å². The largest absolute Gasteiger partial charge is 0.480 e. The van der Waals surface area contributed by atoms with E-state index in [9.17, 15) is 9.59 Å². The number of aliphatic carboxylic acids is 1. The summed E-state index contributed by atoms with van der Waals surface area (Å²) in [6, 6.07) is 1.44. The highest BCUT2D eigenvalue weighted by molar-refractivity contribution is 5.80. The van der Waals surface area contributed by atoms with Crippen molar-refractivity contribution in [1.29, 1.82) is 0 Å². The first-order valence-electron chi connectivity index (χ1n) is 5.97. The van der Waals surface area contributed by atoms with Crippen LogP contribution in [0.3, 0.4) is 0 Å². The van der Waals surface area contributed by atoms with Gasteiger partial charge in [0.1, 0.15) is 6.54 Å². The summed E-state index contributed by atoms with van der Waals surface area (Å²) in [5.74, 6) is -1.03. The van der Waals surface area contributed by atoms with Crippen LogP contribution < -0.4 is 0 Å². The van der Waals surface area contributed by atoms with Crippen LogP contribution in [0.25, 0.3) is 0 Å². The van der Waals surface area contributed by atoms with Gasteiger partial charge in [-0.2, -0.15) is 0 Å². The molecule has 1 aromatic rings. The molecule has 0 aliphatic rings. The maximum atomic E-state index is 12.3. The lowest BCUT2D eigenvalue weighted by Crippen LogP contribution is -2.52. The molecule has 0 aliphatic heterocycles. The third kappa shape index (κ3) is 4.31. The number of carboxylic acid groups (broad SMARTS) is 1. The normalized spacial score (nSPS) is 11.2. The van der Waals surface area contributed by atoms with E-state index < -0.39 is 11.5 Å². The number of nitrogens with zero attached hydrogens (tertiary/aromatic N) is 2. The van der Waals surface area contributed by atoms with Crippen LogP contribution in [0.1, 0.15) is 26.3 Å². The fraction of sp³-hybridized carbons (Fsp3) is 0.538. The minimum atomic E-state index is -1.03. The summed E-state index contributed by atoms with van der Waals surface area (Å²) >= 11 is 0. The van der Waals surface area contributed by atoms with Gasteiger partial charge in [-0.25, -0.2) is 4.79 Å². The molecule has 0 spiro atoms. The Kier molecular flexibility index (Phi) is 4.58. The smallest absolute Gasteiger partial charge is 0.323 e. The van der Waals surface area contributed by atoms with Crippen molar-refractivity contribution in [2.75, 3.05) is 13.6 Å². The van der Waals surface area contributed by atoms with Crippen LogP contribution in [-0.4, -0.2) is 46.0 Å². The lowest BCUT2D eigenvalue weighted by atomic mass is 10.1. The van der Waals surface area contributed by atoms with Gasteiger partial charge in [-0.05, 0) is 26.8 Å². The first-order valence-corrected chi connectivity index (χ1v) is 5.97. The quantitative estimate of drug-likeness (QED) is 0.906. The number of urea groups is 1. The Labute approximate surface area is 112 Å². The van der Waals surface area contributed by atoms with Crippen LogP contribution >= 0.6 is 0 Å². The molecule has 0 saturated heterocycles. The molecule has 1 aromatic heterocycles. The van der Waals surface area contributed by atoms with E-state index in [4.69, 9.17) is 9.52 Å². The molecule has 0 fully saturated rings. The van der Waals surface area contributed by atoms with Crippen molar-refractivity contribution in [3.8, 4) is 0 Å². The maximum Gasteiger partial charge on any atom is 0.323 e. The molecule has 1 heterocycles. The summed E-state index contributed by atoms with van der Waals surface area (Å²) in [6.45, 7) is 5.47. The number of furan rings is 1. The topological polar surface area (TPSA) is 74.0 Å². The minimum Gasteiger partial charge on any atom is -0.480 e. The Morgan fingerprint density at radius 1 is 1.37 bits per heavy atom. The number of amides is 2. The van der Waals surface area contributed by atoms with Gasteiger partial charge in [-0.15, -0.1) is 0 Å².